The summed E-state index contributed by atoms with van der Waals surface area (Å²) in [6.45, 7) is 4.17. The van der Waals surface area contributed by atoms with Gasteiger partial charge in [-0.15, -0.1) is 0 Å². The first kappa shape index (κ1) is 12.3. The number of carbonyl (C=O) groups is 1. The average molecular weight is 203 g/mol. The minimum Gasteiger partial charge on any atom is -0.323 e. The van der Waals surface area contributed by atoms with Gasteiger partial charge in [0.2, 0.25) is 0 Å². The highest BCUT2D eigenvalue weighted by Crippen LogP contribution is 2.10. The quantitative estimate of drug-likeness (QED) is 0.317. The van der Waals surface area contributed by atoms with Crippen molar-refractivity contribution in [3.63, 3.8) is 0 Å². The SMILES string of the molecule is CNC(=O)O/N=C(/C)C(C)(C)[N+](=O)[O-]. The van der Waals surface area contributed by atoms with Gasteiger partial charge in [-0.25, -0.2) is 4.79 Å². The van der Waals surface area contributed by atoms with Gasteiger partial charge in [-0.2, -0.15) is 0 Å². The minimum atomic E-state index is -1.34. The topological polar surface area (TPSA) is 93.8 Å². The van der Waals surface area contributed by atoms with Crippen LogP contribution in [-0.4, -0.2) is 29.3 Å². The second kappa shape index (κ2) is 4.54. The molecule has 0 aliphatic rings. The third kappa shape index (κ3) is 3.00. The Morgan fingerprint density at radius 3 is 2.43 bits per heavy atom. The molecule has 0 radical (unpaired) electrons. The van der Waals surface area contributed by atoms with Crippen molar-refractivity contribution < 1.29 is 14.6 Å². The third-order valence-electron chi connectivity index (χ3n) is 1.81. The molecule has 1 N–H and O–H groups in total. The van der Waals surface area contributed by atoms with Crippen LogP contribution in [0.25, 0.3) is 0 Å². The van der Waals surface area contributed by atoms with E-state index in [9.17, 15) is 14.9 Å². The molecule has 0 rings (SSSR count). The van der Waals surface area contributed by atoms with E-state index in [2.05, 4.69) is 15.3 Å². The monoisotopic (exact) mass is 203 g/mol. The van der Waals surface area contributed by atoms with Gasteiger partial charge in [0, 0.05) is 25.8 Å². The zero-order valence-corrected chi connectivity index (χ0v) is 8.53. The molecule has 7 heteroatoms. The number of oxime groups is 1. The summed E-state index contributed by atoms with van der Waals surface area (Å²) in [6, 6.07) is 0. The largest absolute Gasteiger partial charge is 0.433 e. The second-order valence-corrected chi connectivity index (χ2v) is 3.12. The summed E-state index contributed by atoms with van der Waals surface area (Å²) in [5, 5.41) is 16.1. The third-order valence-corrected chi connectivity index (χ3v) is 1.81. The van der Waals surface area contributed by atoms with E-state index in [0.717, 1.165) is 0 Å². The van der Waals surface area contributed by atoms with Crippen LogP contribution < -0.4 is 5.32 Å². The molecule has 0 unspecified atom stereocenters. The van der Waals surface area contributed by atoms with Crippen LogP contribution in [0.1, 0.15) is 20.8 Å². The minimum absolute atomic E-state index is 0.117. The molecule has 80 valence electrons. The maximum Gasteiger partial charge on any atom is 0.433 e. The van der Waals surface area contributed by atoms with Crippen molar-refractivity contribution >= 4 is 11.8 Å². The van der Waals surface area contributed by atoms with Crippen molar-refractivity contribution in [1.82, 2.24) is 5.32 Å². The van der Waals surface area contributed by atoms with Gasteiger partial charge in [0.25, 0.3) is 5.54 Å². The Labute approximate surface area is 81.3 Å². The Morgan fingerprint density at radius 2 is 2.07 bits per heavy atom. The van der Waals surface area contributed by atoms with Crippen LogP contribution in [-0.2, 0) is 4.84 Å². The fraction of sp³-hybridized carbons (Fsp3) is 0.714. The Kier molecular flexibility index (Phi) is 4.00. The van der Waals surface area contributed by atoms with Gasteiger partial charge >= 0.3 is 6.09 Å². The average Bonchev–Trinajstić information content (AvgIpc) is 2.12. The van der Waals surface area contributed by atoms with Crippen molar-refractivity contribution in [2.45, 2.75) is 26.3 Å². The molecule has 0 saturated heterocycles. The van der Waals surface area contributed by atoms with Gasteiger partial charge in [0.05, 0.1) is 0 Å². The smallest absolute Gasteiger partial charge is 0.323 e. The van der Waals surface area contributed by atoms with Crippen molar-refractivity contribution in [1.29, 1.82) is 0 Å². The first-order valence-electron chi connectivity index (χ1n) is 3.90. The van der Waals surface area contributed by atoms with E-state index >= 15 is 0 Å². The maximum atomic E-state index is 10.6. The van der Waals surface area contributed by atoms with Crippen LogP contribution in [0.2, 0.25) is 0 Å². The Hall–Kier alpha value is -1.66. The lowest BCUT2D eigenvalue weighted by molar-refractivity contribution is -0.538. The number of nitrogens with one attached hydrogen (secondary N) is 1. The molecule has 0 fully saturated rings. The van der Waals surface area contributed by atoms with Crippen molar-refractivity contribution in [2.75, 3.05) is 7.05 Å². The van der Waals surface area contributed by atoms with E-state index in [-0.39, 0.29) is 5.71 Å². The highest BCUT2D eigenvalue weighted by molar-refractivity contribution is 5.89. The molecule has 0 aromatic heterocycles. The van der Waals surface area contributed by atoms with Crippen LogP contribution in [0, 0.1) is 10.1 Å². The lowest BCUT2D eigenvalue weighted by atomic mass is 10.0. The molecule has 0 spiro atoms. The zero-order chi connectivity index (χ0) is 11.4. The van der Waals surface area contributed by atoms with Gasteiger partial charge in [-0.1, -0.05) is 5.16 Å². The molecule has 0 bridgehead atoms. The Morgan fingerprint density at radius 1 is 1.57 bits per heavy atom. The van der Waals surface area contributed by atoms with Crippen LogP contribution in [0.4, 0.5) is 4.79 Å². The van der Waals surface area contributed by atoms with E-state index in [1.54, 1.807) is 0 Å². The molecule has 0 aliphatic heterocycles. The number of nitrogens with zero attached hydrogens (tertiary/aromatic N) is 2. The highest BCUT2D eigenvalue weighted by Gasteiger charge is 2.35. The summed E-state index contributed by atoms with van der Waals surface area (Å²) < 4.78 is 0. The fourth-order valence-electron chi connectivity index (χ4n) is 0.399. The predicted molar refractivity (Wildman–Crippen MR) is 49.7 cm³/mol. The molecular weight excluding hydrogens is 190 g/mol. The summed E-state index contributed by atoms with van der Waals surface area (Å²) in [6.07, 6.45) is -0.761. The Bertz CT molecular complexity index is 272. The van der Waals surface area contributed by atoms with Crippen molar-refractivity contribution in [2.24, 2.45) is 5.16 Å². The standard InChI is InChI=1S/C7H13N3O4/c1-5(7(2,3)10(12)13)9-14-6(11)8-4/h1-4H3,(H,8,11)/b9-5-. The molecule has 0 atom stereocenters. The van der Waals surface area contributed by atoms with E-state index in [0.29, 0.717) is 0 Å². The van der Waals surface area contributed by atoms with Gasteiger partial charge in [-0.05, 0) is 6.92 Å². The molecular formula is C7H13N3O4. The first-order chi connectivity index (χ1) is 6.32. The first-order valence-corrected chi connectivity index (χ1v) is 3.90. The van der Waals surface area contributed by atoms with E-state index in [4.69, 9.17) is 0 Å². The molecule has 0 aliphatic carbocycles. The molecule has 0 aromatic rings. The fourth-order valence-corrected chi connectivity index (χ4v) is 0.399. The predicted octanol–water partition coefficient (Wildman–Crippen LogP) is 0.774. The highest BCUT2D eigenvalue weighted by atomic mass is 16.7. The summed E-state index contributed by atoms with van der Waals surface area (Å²) in [5.74, 6) is 0. The number of amides is 1. The second-order valence-electron chi connectivity index (χ2n) is 3.12. The lowest BCUT2D eigenvalue weighted by Crippen LogP contribution is -2.39. The molecule has 0 aromatic carbocycles. The van der Waals surface area contributed by atoms with Crippen molar-refractivity contribution in [3.8, 4) is 0 Å². The van der Waals surface area contributed by atoms with Crippen LogP contribution >= 0.6 is 0 Å². The number of carbonyl (C=O) groups excluding carboxylic acids is 1. The molecule has 14 heavy (non-hydrogen) atoms. The zero-order valence-electron chi connectivity index (χ0n) is 8.53. The molecule has 0 saturated carbocycles. The van der Waals surface area contributed by atoms with Gasteiger partial charge in [0.15, 0.2) is 0 Å². The van der Waals surface area contributed by atoms with Gasteiger partial charge in [-0.3, -0.25) is 15.0 Å². The maximum absolute atomic E-state index is 10.6. The van der Waals surface area contributed by atoms with Crippen LogP contribution in [0.5, 0.6) is 0 Å². The molecule has 7 nitrogen and oxygen atoms in total. The lowest BCUT2D eigenvalue weighted by Gasteiger charge is -2.13. The van der Waals surface area contributed by atoms with Crippen molar-refractivity contribution in [3.05, 3.63) is 10.1 Å². The van der Waals surface area contributed by atoms with Gasteiger partial charge < -0.3 is 5.32 Å². The Balaban J connectivity index is 4.53. The van der Waals surface area contributed by atoms with Crippen LogP contribution in [0.3, 0.4) is 0 Å². The molecule has 0 heterocycles. The number of hydrogen-bond acceptors (Lipinski definition) is 5. The number of rotatable bonds is 3. The van der Waals surface area contributed by atoms with E-state index in [1.165, 1.54) is 27.8 Å². The summed E-state index contributed by atoms with van der Waals surface area (Å²) in [5.41, 5.74) is -1.22. The van der Waals surface area contributed by atoms with E-state index < -0.39 is 16.6 Å². The normalized spacial score (nSPS) is 12.1. The van der Waals surface area contributed by atoms with Gasteiger partial charge in [0.1, 0.15) is 5.71 Å². The number of nitro groups is 1. The summed E-state index contributed by atoms with van der Waals surface area (Å²) >= 11 is 0. The summed E-state index contributed by atoms with van der Waals surface area (Å²) in [4.78, 5) is 25.0. The van der Waals surface area contributed by atoms with Crippen LogP contribution in [0.15, 0.2) is 5.16 Å². The molecule has 1 amide bonds. The number of hydrogen-bond donors (Lipinski definition) is 1. The van der Waals surface area contributed by atoms with E-state index in [1.807, 2.05) is 0 Å². The summed E-state index contributed by atoms with van der Waals surface area (Å²) in [7, 11) is 1.37.